The van der Waals surface area contributed by atoms with Crippen molar-refractivity contribution in [1.29, 1.82) is 5.26 Å². The number of nitrogens with zero attached hydrogens (tertiary/aromatic N) is 1. The van der Waals surface area contributed by atoms with Crippen molar-refractivity contribution in [3.63, 3.8) is 0 Å². The van der Waals surface area contributed by atoms with Crippen molar-refractivity contribution in [1.82, 2.24) is 5.32 Å². The lowest BCUT2D eigenvalue weighted by molar-refractivity contribution is -0.112. The number of hydrogen-bond acceptors (Lipinski definition) is 4. The van der Waals surface area contributed by atoms with E-state index in [1.54, 1.807) is 0 Å². The van der Waals surface area contributed by atoms with E-state index in [2.05, 4.69) is 24.5 Å². The first-order valence-electron chi connectivity index (χ1n) is 7.96. The molecule has 1 fully saturated rings. The lowest BCUT2D eigenvalue weighted by atomic mass is 10.0. The summed E-state index contributed by atoms with van der Waals surface area (Å²) in [6.45, 7) is 5.63. The van der Waals surface area contributed by atoms with Gasteiger partial charge in [0.05, 0.1) is 6.10 Å². The van der Waals surface area contributed by atoms with Crippen molar-refractivity contribution < 1.29 is 9.53 Å². The summed E-state index contributed by atoms with van der Waals surface area (Å²) >= 11 is 0. The van der Waals surface area contributed by atoms with Crippen LogP contribution in [-0.4, -0.2) is 25.2 Å². The van der Waals surface area contributed by atoms with Crippen LogP contribution in [0.2, 0.25) is 0 Å². The van der Waals surface area contributed by atoms with E-state index in [0.717, 1.165) is 19.4 Å². The van der Waals surface area contributed by atoms with E-state index in [4.69, 9.17) is 10.00 Å². The molecular formula is C18H23N3O2. The molecule has 0 saturated carbocycles. The smallest absolute Gasteiger partial charge is 0.267 e. The van der Waals surface area contributed by atoms with Crippen LogP contribution >= 0.6 is 0 Å². The number of anilines is 1. The van der Waals surface area contributed by atoms with Crippen LogP contribution in [0.1, 0.15) is 38.2 Å². The average molecular weight is 313 g/mol. The van der Waals surface area contributed by atoms with Gasteiger partial charge in [0.1, 0.15) is 11.6 Å². The molecular weight excluding hydrogens is 290 g/mol. The van der Waals surface area contributed by atoms with Gasteiger partial charge in [-0.15, -0.1) is 0 Å². The first-order valence-corrected chi connectivity index (χ1v) is 7.96. The molecule has 1 saturated heterocycles. The van der Waals surface area contributed by atoms with Crippen molar-refractivity contribution in [2.24, 2.45) is 0 Å². The summed E-state index contributed by atoms with van der Waals surface area (Å²) in [6, 6.07) is 9.58. The molecule has 1 atom stereocenters. The van der Waals surface area contributed by atoms with Crippen LogP contribution in [0.5, 0.6) is 0 Å². The minimum absolute atomic E-state index is 0.0518. The lowest BCUT2D eigenvalue weighted by Gasteiger charge is -2.10. The molecule has 1 aliphatic rings. The number of hydrogen-bond donors (Lipinski definition) is 2. The van der Waals surface area contributed by atoms with E-state index >= 15 is 0 Å². The predicted molar refractivity (Wildman–Crippen MR) is 89.8 cm³/mol. The fourth-order valence-electron chi connectivity index (χ4n) is 2.40. The van der Waals surface area contributed by atoms with Gasteiger partial charge in [-0.3, -0.25) is 4.79 Å². The number of benzene rings is 1. The first kappa shape index (κ1) is 17.0. The second kappa shape index (κ2) is 8.35. The van der Waals surface area contributed by atoms with E-state index in [-0.39, 0.29) is 11.7 Å². The largest absolute Gasteiger partial charge is 0.387 e. The van der Waals surface area contributed by atoms with Gasteiger partial charge >= 0.3 is 0 Å². The molecule has 0 bridgehead atoms. The second-order valence-electron chi connectivity index (χ2n) is 5.94. The van der Waals surface area contributed by atoms with Crippen LogP contribution in [0.3, 0.4) is 0 Å². The Kier molecular flexibility index (Phi) is 6.19. The molecule has 1 amide bonds. The molecule has 122 valence electrons. The molecule has 5 nitrogen and oxygen atoms in total. The lowest BCUT2D eigenvalue weighted by Crippen LogP contribution is -2.24. The number of nitriles is 1. The number of nitrogens with one attached hydrogen (secondary N) is 2. The summed E-state index contributed by atoms with van der Waals surface area (Å²) in [7, 11) is 0. The topological polar surface area (TPSA) is 74.2 Å². The normalized spacial score (nSPS) is 17.8. The van der Waals surface area contributed by atoms with Gasteiger partial charge in [0, 0.05) is 25.0 Å². The van der Waals surface area contributed by atoms with Gasteiger partial charge in [-0.05, 0) is 36.5 Å². The molecule has 1 aliphatic heterocycles. The van der Waals surface area contributed by atoms with Crippen molar-refractivity contribution >= 4 is 11.6 Å². The number of ether oxygens (including phenoxy) is 1. The Labute approximate surface area is 137 Å². The predicted octanol–water partition coefficient (Wildman–Crippen LogP) is 2.92. The van der Waals surface area contributed by atoms with Crippen molar-refractivity contribution in [2.75, 3.05) is 18.5 Å². The Balaban J connectivity index is 1.89. The van der Waals surface area contributed by atoms with Crippen LogP contribution in [0.25, 0.3) is 0 Å². The molecule has 0 aromatic heterocycles. The molecule has 5 heteroatoms. The summed E-state index contributed by atoms with van der Waals surface area (Å²) in [5.74, 6) is 0.0287. The van der Waals surface area contributed by atoms with Gasteiger partial charge in [-0.2, -0.15) is 5.26 Å². The van der Waals surface area contributed by atoms with Crippen LogP contribution in [-0.2, 0) is 9.53 Å². The zero-order valence-corrected chi connectivity index (χ0v) is 13.6. The van der Waals surface area contributed by atoms with Gasteiger partial charge in [-0.25, -0.2) is 0 Å². The third-order valence-electron chi connectivity index (χ3n) is 3.82. The minimum atomic E-state index is -0.412. The fourth-order valence-corrected chi connectivity index (χ4v) is 2.40. The summed E-state index contributed by atoms with van der Waals surface area (Å²) in [5.41, 5.74) is 1.94. The zero-order valence-electron chi connectivity index (χ0n) is 13.6. The summed E-state index contributed by atoms with van der Waals surface area (Å²) < 4.78 is 5.48. The number of amides is 1. The Morgan fingerprint density at radius 3 is 2.74 bits per heavy atom. The minimum Gasteiger partial charge on any atom is -0.387 e. The van der Waals surface area contributed by atoms with Gasteiger partial charge in [0.2, 0.25) is 0 Å². The highest BCUT2D eigenvalue weighted by molar-refractivity contribution is 6.06. The van der Waals surface area contributed by atoms with Crippen molar-refractivity contribution in [2.45, 2.75) is 38.7 Å². The molecule has 2 N–H and O–H groups in total. The molecule has 0 spiro atoms. The highest BCUT2D eigenvalue weighted by atomic mass is 16.5. The molecule has 0 aliphatic carbocycles. The van der Waals surface area contributed by atoms with E-state index < -0.39 is 5.91 Å². The van der Waals surface area contributed by atoms with Gasteiger partial charge in [-0.1, -0.05) is 26.0 Å². The quantitative estimate of drug-likeness (QED) is 0.625. The molecule has 1 aromatic rings. The van der Waals surface area contributed by atoms with Crippen LogP contribution in [0.4, 0.5) is 5.69 Å². The monoisotopic (exact) mass is 313 g/mol. The highest BCUT2D eigenvalue weighted by Crippen LogP contribution is 2.17. The Morgan fingerprint density at radius 2 is 2.17 bits per heavy atom. The van der Waals surface area contributed by atoms with E-state index in [0.29, 0.717) is 18.2 Å². The first-order chi connectivity index (χ1) is 11.1. The Morgan fingerprint density at radius 1 is 1.43 bits per heavy atom. The SMILES string of the molecule is CC(C)c1ccc(NC(=O)/C(C#N)=C\NCC2CCCO2)cc1. The van der Waals surface area contributed by atoms with E-state index in [9.17, 15) is 4.79 Å². The maximum Gasteiger partial charge on any atom is 0.267 e. The summed E-state index contributed by atoms with van der Waals surface area (Å²) in [5, 5.41) is 14.9. The third-order valence-corrected chi connectivity index (χ3v) is 3.82. The van der Waals surface area contributed by atoms with Crippen molar-refractivity contribution in [3.8, 4) is 6.07 Å². The van der Waals surface area contributed by atoms with E-state index in [1.165, 1.54) is 11.8 Å². The van der Waals surface area contributed by atoms with Crippen LogP contribution in [0, 0.1) is 11.3 Å². The molecule has 1 unspecified atom stereocenters. The summed E-state index contributed by atoms with van der Waals surface area (Å²) in [6.07, 6.45) is 3.70. The molecule has 1 aromatic carbocycles. The van der Waals surface area contributed by atoms with Crippen LogP contribution < -0.4 is 10.6 Å². The zero-order chi connectivity index (χ0) is 16.7. The molecule has 2 rings (SSSR count). The van der Waals surface area contributed by atoms with Gasteiger partial charge in [0.25, 0.3) is 5.91 Å². The molecule has 1 heterocycles. The number of carbonyl (C=O) groups is 1. The van der Waals surface area contributed by atoms with E-state index in [1.807, 2.05) is 30.3 Å². The van der Waals surface area contributed by atoms with Crippen molar-refractivity contribution in [3.05, 3.63) is 41.6 Å². The maximum absolute atomic E-state index is 12.1. The molecule has 23 heavy (non-hydrogen) atoms. The highest BCUT2D eigenvalue weighted by Gasteiger charge is 2.15. The number of rotatable bonds is 6. The van der Waals surface area contributed by atoms with Gasteiger partial charge < -0.3 is 15.4 Å². The average Bonchev–Trinajstić information content (AvgIpc) is 3.05. The number of carbonyl (C=O) groups excluding carboxylic acids is 1. The maximum atomic E-state index is 12.1. The Hall–Kier alpha value is -2.32. The fraction of sp³-hybridized carbons (Fsp3) is 0.444. The second-order valence-corrected chi connectivity index (χ2v) is 5.94. The van der Waals surface area contributed by atoms with Crippen LogP contribution in [0.15, 0.2) is 36.0 Å². The Bertz CT molecular complexity index is 594. The van der Waals surface area contributed by atoms with Gasteiger partial charge in [0.15, 0.2) is 0 Å². The molecule has 0 radical (unpaired) electrons. The standard InChI is InChI=1S/C18H23N3O2/c1-13(2)14-5-7-16(8-6-14)21-18(22)15(10-19)11-20-12-17-4-3-9-23-17/h5-8,11,13,17,20H,3-4,9,12H2,1-2H3,(H,21,22)/b15-11-. The third kappa shape index (κ3) is 5.11. The summed E-state index contributed by atoms with van der Waals surface area (Å²) in [4.78, 5) is 12.1.